The number of rotatable bonds is 50. The van der Waals surface area contributed by atoms with Crippen molar-refractivity contribution in [2.45, 2.75) is 282 Å². The highest BCUT2D eigenvalue weighted by molar-refractivity contribution is 5.80. The average molecular weight is 1080 g/mol. The van der Waals surface area contributed by atoms with Crippen LogP contribution in [0.3, 0.4) is 0 Å². The van der Waals surface area contributed by atoms with Crippen LogP contribution in [0.4, 0.5) is 0 Å². The predicted molar refractivity (Wildman–Crippen MR) is 319 cm³/mol. The molecule has 0 aromatic rings. The number of amides is 1. The Morgan fingerprint density at radius 3 is 1.43 bits per heavy atom. The molecule has 8 atom stereocenters. The lowest BCUT2D eigenvalue weighted by molar-refractivity contribution is -0.305. The van der Waals surface area contributed by atoms with E-state index in [9.17, 15) is 35.1 Å². The van der Waals surface area contributed by atoms with Crippen molar-refractivity contribution in [1.29, 1.82) is 0 Å². The molecule has 0 radical (unpaired) electrons. The first kappa shape index (κ1) is 71.3. The van der Waals surface area contributed by atoms with Crippen LogP contribution < -0.4 is 5.32 Å². The van der Waals surface area contributed by atoms with Gasteiger partial charge in [-0.25, -0.2) is 0 Å². The number of esters is 1. The second-order valence-electron chi connectivity index (χ2n) is 20.7. The van der Waals surface area contributed by atoms with Crippen molar-refractivity contribution in [1.82, 2.24) is 5.32 Å². The fraction of sp³-hybridized carbons (Fsp3) is 0.697. The molecule has 1 amide bonds. The predicted octanol–water partition coefficient (Wildman–Crippen LogP) is 14.5. The third-order valence-electron chi connectivity index (χ3n) is 13.7. The van der Waals surface area contributed by atoms with Crippen molar-refractivity contribution in [3.63, 3.8) is 0 Å². The van der Waals surface area contributed by atoms with Crippen LogP contribution in [0.2, 0.25) is 0 Å². The Bertz CT molecular complexity index is 1660. The highest BCUT2D eigenvalue weighted by atomic mass is 16.7. The van der Waals surface area contributed by atoms with Crippen LogP contribution in [0.1, 0.15) is 233 Å². The Morgan fingerprint density at radius 1 is 0.519 bits per heavy atom. The van der Waals surface area contributed by atoms with Crippen LogP contribution in [-0.4, -0.2) is 99.6 Å². The Labute approximate surface area is 468 Å². The van der Waals surface area contributed by atoms with Gasteiger partial charge in [0, 0.05) is 6.42 Å². The maximum atomic E-state index is 13.4. The van der Waals surface area contributed by atoms with Gasteiger partial charge in [0.15, 0.2) is 12.4 Å². The summed E-state index contributed by atoms with van der Waals surface area (Å²) in [6.45, 7) is 5.60. The van der Waals surface area contributed by atoms with Crippen LogP contribution in [0.15, 0.2) is 109 Å². The van der Waals surface area contributed by atoms with Crippen LogP contribution in [-0.2, 0) is 23.8 Å². The molecule has 1 aliphatic heterocycles. The summed E-state index contributed by atoms with van der Waals surface area (Å²) in [4.78, 5) is 26.5. The van der Waals surface area contributed by atoms with Gasteiger partial charge in [0.2, 0.25) is 5.91 Å². The number of unbranched alkanes of at least 4 members (excludes halogenated alkanes) is 20. The molecule has 0 saturated carbocycles. The van der Waals surface area contributed by atoms with Crippen molar-refractivity contribution >= 4 is 11.9 Å². The molecular formula is C66H111NO10. The van der Waals surface area contributed by atoms with Gasteiger partial charge < -0.3 is 45.1 Å². The molecule has 0 aromatic carbocycles. The quantitative estimate of drug-likeness (QED) is 0.0195. The molecule has 77 heavy (non-hydrogen) atoms. The van der Waals surface area contributed by atoms with Gasteiger partial charge in [-0.15, -0.1) is 0 Å². The molecule has 1 rings (SSSR count). The largest absolute Gasteiger partial charge is 0.454 e. The summed E-state index contributed by atoms with van der Waals surface area (Å²) in [5.41, 5.74) is 0. The molecule has 6 N–H and O–H groups in total. The van der Waals surface area contributed by atoms with E-state index >= 15 is 0 Å². The fourth-order valence-corrected chi connectivity index (χ4v) is 8.80. The second-order valence-corrected chi connectivity index (χ2v) is 20.7. The first-order valence-electron chi connectivity index (χ1n) is 30.7. The standard InChI is InChI=1S/C66H111NO10/c1-4-7-10-13-16-19-22-25-27-29-30-31-33-36-39-42-45-48-51-54-61(71)77-64-63(73)62(72)60(55-68)76-66(64)75-56-57(58(69)52-49-46-43-40-37-34-24-21-18-15-12-9-6-3)67-65(74)59(70)53-50-47-44-41-38-35-32-28-26-23-20-17-14-11-8-5-2/h7,10,16-17,19-20,25-28,30-31,35-36,38-39,49,52,57-60,62-64,66,68-70,72-73H,4-6,8-9,11-15,18,21-24,29,32-34,37,40-48,50-51,53-56H2,1-3H3,(H,67,74)/b10-7-,19-16-,20-17-,27-25-,28-26-,31-30-,38-35-,39-36-,52-49+. The van der Waals surface area contributed by atoms with Crippen molar-refractivity contribution in [2.75, 3.05) is 13.2 Å². The number of hydrogen-bond acceptors (Lipinski definition) is 10. The van der Waals surface area contributed by atoms with Crippen molar-refractivity contribution in [3.05, 3.63) is 109 Å². The summed E-state index contributed by atoms with van der Waals surface area (Å²) in [5.74, 6) is -1.26. The van der Waals surface area contributed by atoms with E-state index in [1.807, 2.05) is 6.08 Å². The van der Waals surface area contributed by atoms with E-state index in [0.29, 0.717) is 12.8 Å². The molecule has 11 heteroatoms. The molecule has 440 valence electrons. The number of allylic oxidation sites excluding steroid dienone is 17. The summed E-state index contributed by atoms with van der Waals surface area (Å²) in [6.07, 6.45) is 61.2. The third kappa shape index (κ3) is 41.1. The first-order chi connectivity index (χ1) is 37.7. The summed E-state index contributed by atoms with van der Waals surface area (Å²) >= 11 is 0. The lowest BCUT2D eigenvalue weighted by atomic mass is 9.99. The minimum absolute atomic E-state index is 0.0756. The molecule has 1 saturated heterocycles. The second kappa shape index (κ2) is 53.0. The van der Waals surface area contributed by atoms with Gasteiger partial charge >= 0.3 is 5.97 Å². The first-order valence-corrected chi connectivity index (χ1v) is 30.7. The van der Waals surface area contributed by atoms with Gasteiger partial charge in [-0.1, -0.05) is 226 Å². The third-order valence-corrected chi connectivity index (χ3v) is 13.7. The zero-order valence-corrected chi connectivity index (χ0v) is 48.5. The number of aliphatic hydroxyl groups is 5. The topological polar surface area (TPSA) is 175 Å². The van der Waals surface area contributed by atoms with Crippen LogP contribution in [0.5, 0.6) is 0 Å². The normalized spacial score (nSPS) is 19.8. The maximum absolute atomic E-state index is 13.4. The molecular weight excluding hydrogens is 967 g/mol. The van der Waals surface area contributed by atoms with Crippen LogP contribution in [0.25, 0.3) is 0 Å². The summed E-state index contributed by atoms with van der Waals surface area (Å²) in [5, 5.41) is 56.9. The number of aliphatic hydroxyl groups excluding tert-OH is 5. The van der Waals surface area contributed by atoms with Gasteiger partial charge in [0.05, 0.1) is 25.4 Å². The average Bonchev–Trinajstić information content (AvgIpc) is 3.43. The van der Waals surface area contributed by atoms with Crippen molar-refractivity contribution in [2.24, 2.45) is 0 Å². The summed E-state index contributed by atoms with van der Waals surface area (Å²) in [7, 11) is 0. The SMILES string of the molecule is CC/C=C\C/C=C\C/C=C\C/C=C\C/C=C\CCCCCC(=O)OC1C(OCC(NC(=O)C(O)CCCCC/C=C\C/C=C\C/C=C\CCCCC)C(O)/C=C/CCCCCCCCCCCCC)OC(CO)C(O)C1O. The Kier molecular flexibility index (Phi) is 49.1. The van der Waals surface area contributed by atoms with E-state index in [0.717, 1.165) is 116 Å². The molecule has 1 heterocycles. The number of carbonyl (C=O) groups excluding carboxylic acids is 2. The Balaban J connectivity index is 2.75. The highest BCUT2D eigenvalue weighted by Crippen LogP contribution is 2.26. The molecule has 0 aliphatic carbocycles. The van der Waals surface area contributed by atoms with Gasteiger partial charge in [-0.3, -0.25) is 9.59 Å². The van der Waals surface area contributed by atoms with Gasteiger partial charge in [0.25, 0.3) is 0 Å². The smallest absolute Gasteiger partial charge is 0.306 e. The zero-order valence-electron chi connectivity index (χ0n) is 48.5. The zero-order chi connectivity index (χ0) is 56.1. The van der Waals surface area contributed by atoms with E-state index in [-0.39, 0.29) is 19.4 Å². The van der Waals surface area contributed by atoms with E-state index in [2.05, 4.69) is 123 Å². The van der Waals surface area contributed by atoms with E-state index < -0.39 is 67.4 Å². The molecule has 1 fully saturated rings. The van der Waals surface area contributed by atoms with Gasteiger partial charge in [-0.05, 0) is 109 Å². The van der Waals surface area contributed by atoms with Gasteiger partial charge in [-0.2, -0.15) is 0 Å². The Morgan fingerprint density at radius 2 is 0.935 bits per heavy atom. The van der Waals surface area contributed by atoms with E-state index in [1.54, 1.807) is 6.08 Å². The highest BCUT2D eigenvalue weighted by Gasteiger charge is 2.47. The molecule has 1 aliphatic rings. The Hall–Kier alpha value is -3.68. The molecule has 11 nitrogen and oxygen atoms in total. The van der Waals surface area contributed by atoms with Crippen LogP contribution in [0, 0.1) is 0 Å². The molecule has 8 unspecified atom stereocenters. The van der Waals surface area contributed by atoms with Crippen LogP contribution >= 0.6 is 0 Å². The molecule has 0 spiro atoms. The lowest BCUT2D eigenvalue weighted by Gasteiger charge is -2.41. The van der Waals surface area contributed by atoms with Crippen molar-refractivity contribution in [3.8, 4) is 0 Å². The number of hydrogen-bond donors (Lipinski definition) is 6. The van der Waals surface area contributed by atoms with E-state index in [1.165, 1.54) is 70.6 Å². The summed E-state index contributed by atoms with van der Waals surface area (Å²) < 4.78 is 17.6. The maximum Gasteiger partial charge on any atom is 0.306 e. The summed E-state index contributed by atoms with van der Waals surface area (Å²) in [6, 6.07) is -1.05. The number of nitrogens with one attached hydrogen (secondary N) is 1. The van der Waals surface area contributed by atoms with Gasteiger partial charge in [0.1, 0.15) is 24.4 Å². The molecule has 0 aromatic heterocycles. The van der Waals surface area contributed by atoms with Crippen molar-refractivity contribution < 1.29 is 49.3 Å². The lowest BCUT2D eigenvalue weighted by Crippen LogP contribution is -2.61. The minimum atomic E-state index is -1.64. The molecule has 0 bridgehead atoms. The monoisotopic (exact) mass is 1080 g/mol. The minimum Gasteiger partial charge on any atom is -0.454 e. The van der Waals surface area contributed by atoms with E-state index in [4.69, 9.17) is 14.2 Å². The number of carbonyl (C=O) groups is 2. The fourth-order valence-electron chi connectivity index (χ4n) is 8.80. The number of ether oxygens (including phenoxy) is 3.